The number of carbonyl (C=O) groups excluding carboxylic acids is 1. The zero-order valence-electron chi connectivity index (χ0n) is 18.6. The fraction of sp³-hybridized carbons (Fsp3) is 0.636. The molecule has 0 aliphatic carbocycles. The van der Waals surface area contributed by atoms with Crippen molar-refractivity contribution < 1.29 is 18.7 Å². The number of guanidine groups is 1. The molecule has 9 heteroatoms. The van der Waals surface area contributed by atoms with Crippen LogP contribution >= 0.6 is 24.0 Å². The lowest BCUT2D eigenvalue weighted by molar-refractivity contribution is 0.0186. The van der Waals surface area contributed by atoms with Crippen molar-refractivity contribution in [3.8, 4) is 0 Å². The molecule has 2 aliphatic heterocycles. The summed E-state index contributed by atoms with van der Waals surface area (Å²) in [6, 6.07) is 6.67. The van der Waals surface area contributed by atoms with Gasteiger partial charge in [-0.05, 0) is 51.3 Å². The van der Waals surface area contributed by atoms with Gasteiger partial charge in [0.2, 0.25) is 0 Å². The average Bonchev–Trinajstić information content (AvgIpc) is 2.72. The van der Waals surface area contributed by atoms with Crippen LogP contribution in [0.4, 0.5) is 9.18 Å². The summed E-state index contributed by atoms with van der Waals surface area (Å²) in [7, 11) is 0. The topological polar surface area (TPSA) is 80.4 Å². The number of nitrogens with zero attached hydrogens (tertiary/aromatic N) is 3. The van der Waals surface area contributed by atoms with Crippen molar-refractivity contribution >= 4 is 36.0 Å². The second-order valence-corrected chi connectivity index (χ2v) is 9.03. The summed E-state index contributed by atoms with van der Waals surface area (Å²) < 4.78 is 24.4. The molecule has 1 amide bonds. The highest BCUT2D eigenvalue weighted by molar-refractivity contribution is 14.0. The highest BCUT2D eigenvalue weighted by Gasteiger charge is 2.35. The number of nitrogens with two attached hydrogens (primary N) is 1. The van der Waals surface area contributed by atoms with Crippen molar-refractivity contribution in [2.45, 2.75) is 44.6 Å². The highest BCUT2D eigenvalue weighted by Crippen LogP contribution is 2.35. The Kier molecular flexibility index (Phi) is 8.93. The van der Waals surface area contributed by atoms with Gasteiger partial charge in [0, 0.05) is 44.8 Å². The third-order valence-corrected chi connectivity index (χ3v) is 5.71. The van der Waals surface area contributed by atoms with Gasteiger partial charge in [-0.1, -0.05) is 12.1 Å². The van der Waals surface area contributed by atoms with Gasteiger partial charge in [0.05, 0.1) is 6.54 Å². The van der Waals surface area contributed by atoms with Crippen LogP contribution in [0.25, 0.3) is 0 Å². The van der Waals surface area contributed by atoms with Crippen LogP contribution in [0.3, 0.4) is 0 Å². The van der Waals surface area contributed by atoms with Crippen molar-refractivity contribution in [2.75, 3.05) is 45.9 Å². The lowest BCUT2D eigenvalue weighted by atomic mass is 9.74. The predicted octanol–water partition coefficient (Wildman–Crippen LogP) is 3.36. The molecule has 0 unspecified atom stereocenters. The van der Waals surface area contributed by atoms with E-state index >= 15 is 0 Å². The molecule has 2 fully saturated rings. The number of carbonyl (C=O) groups is 1. The monoisotopic (exact) mass is 548 g/mol. The molecule has 0 bridgehead atoms. The molecule has 2 aliphatic rings. The molecule has 2 N–H and O–H groups in total. The maximum Gasteiger partial charge on any atom is 0.410 e. The number of piperazine rings is 1. The minimum Gasteiger partial charge on any atom is -0.444 e. The molecule has 1 aromatic carbocycles. The van der Waals surface area contributed by atoms with E-state index in [2.05, 4.69) is 0 Å². The maximum absolute atomic E-state index is 13.4. The van der Waals surface area contributed by atoms with Crippen molar-refractivity contribution in [1.82, 2.24) is 9.80 Å². The number of halogens is 2. The standard InChI is InChI=1S/C22H33FN4O3.HI/c1-21(2,3)30-20(28)27-12-10-26(11-13-27)19(24)25-16-22(8-14-29-15-9-22)17-4-6-18(23)7-5-17;/h4-7H,8-16H2,1-3H3,(H2,24,25);1H. The Labute approximate surface area is 201 Å². The van der Waals surface area contributed by atoms with Gasteiger partial charge in [0.15, 0.2) is 5.96 Å². The van der Waals surface area contributed by atoms with Gasteiger partial charge in [0.1, 0.15) is 11.4 Å². The summed E-state index contributed by atoms with van der Waals surface area (Å²) in [5.74, 6) is 0.235. The van der Waals surface area contributed by atoms with Gasteiger partial charge in [-0.3, -0.25) is 4.99 Å². The highest BCUT2D eigenvalue weighted by atomic mass is 127. The van der Waals surface area contributed by atoms with E-state index in [-0.39, 0.29) is 41.3 Å². The summed E-state index contributed by atoms with van der Waals surface area (Å²) in [5.41, 5.74) is 6.66. The van der Waals surface area contributed by atoms with Crippen LogP contribution in [0.15, 0.2) is 29.3 Å². The van der Waals surface area contributed by atoms with E-state index in [1.807, 2.05) is 37.8 Å². The summed E-state index contributed by atoms with van der Waals surface area (Å²) in [6.45, 7) is 9.73. The Balaban J connectivity index is 0.00000341. The number of hydrogen-bond donors (Lipinski definition) is 1. The number of benzene rings is 1. The van der Waals surface area contributed by atoms with Gasteiger partial charge in [0.25, 0.3) is 0 Å². The van der Waals surface area contributed by atoms with E-state index in [0.717, 1.165) is 18.4 Å². The summed E-state index contributed by atoms with van der Waals surface area (Å²) in [5, 5.41) is 0. The third-order valence-electron chi connectivity index (χ3n) is 5.71. The molecule has 0 saturated carbocycles. The van der Waals surface area contributed by atoms with Crippen molar-refractivity contribution in [3.05, 3.63) is 35.6 Å². The van der Waals surface area contributed by atoms with Crippen LogP contribution in [0.5, 0.6) is 0 Å². The zero-order valence-corrected chi connectivity index (χ0v) is 20.9. The van der Waals surface area contributed by atoms with Crippen LogP contribution in [-0.4, -0.2) is 73.4 Å². The van der Waals surface area contributed by atoms with Crippen molar-refractivity contribution in [2.24, 2.45) is 10.7 Å². The largest absolute Gasteiger partial charge is 0.444 e. The summed E-state index contributed by atoms with van der Waals surface area (Å²) >= 11 is 0. The molecule has 2 heterocycles. The molecule has 0 aromatic heterocycles. The molecular weight excluding hydrogens is 514 g/mol. The lowest BCUT2D eigenvalue weighted by Gasteiger charge is -2.38. The second kappa shape index (κ2) is 10.8. The number of amides is 1. The van der Waals surface area contributed by atoms with Crippen LogP contribution in [-0.2, 0) is 14.9 Å². The first-order valence-electron chi connectivity index (χ1n) is 10.6. The molecule has 7 nitrogen and oxygen atoms in total. The van der Waals surface area contributed by atoms with Crippen LogP contribution in [0.2, 0.25) is 0 Å². The first kappa shape index (κ1) is 25.6. The fourth-order valence-corrected chi connectivity index (χ4v) is 3.88. The maximum atomic E-state index is 13.4. The third kappa shape index (κ3) is 6.93. The quantitative estimate of drug-likeness (QED) is 0.356. The normalized spacial score (nSPS) is 19.5. The van der Waals surface area contributed by atoms with E-state index in [9.17, 15) is 9.18 Å². The van der Waals surface area contributed by atoms with Crippen molar-refractivity contribution in [1.29, 1.82) is 0 Å². The zero-order chi connectivity index (χ0) is 21.8. The Morgan fingerprint density at radius 2 is 1.68 bits per heavy atom. The molecule has 0 radical (unpaired) electrons. The van der Waals surface area contributed by atoms with Crippen molar-refractivity contribution in [3.63, 3.8) is 0 Å². The lowest BCUT2D eigenvalue weighted by Crippen LogP contribution is -2.53. The van der Waals surface area contributed by atoms with E-state index in [0.29, 0.717) is 51.9 Å². The minimum absolute atomic E-state index is 0. The van der Waals surface area contributed by atoms with Gasteiger partial charge in [-0.2, -0.15) is 0 Å². The molecular formula is C22H34FIN4O3. The molecule has 2 saturated heterocycles. The molecule has 31 heavy (non-hydrogen) atoms. The molecule has 1 aromatic rings. The SMILES string of the molecule is CC(C)(C)OC(=O)N1CCN(C(N)=NCC2(c3ccc(F)cc3)CCOCC2)CC1.I. The smallest absolute Gasteiger partial charge is 0.410 e. The Morgan fingerprint density at radius 3 is 2.23 bits per heavy atom. The molecule has 0 atom stereocenters. The van der Waals surface area contributed by atoms with Gasteiger partial charge < -0.3 is 25.0 Å². The van der Waals surface area contributed by atoms with Crippen LogP contribution in [0, 0.1) is 5.82 Å². The number of hydrogen-bond acceptors (Lipinski definition) is 4. The molecule has 174 valence electrons. The summed E-state index contributed by atoms with van der Waals surface area (Å²) in [6.07, 6.45) is 1.35. The summed E-state index contributed by atoms with van der Waals surface area (Å²) in [4.78, 5) is 20.6. The Bertz CT molecular complexity index is 753. The fourth-order valence-electron chi connectivity index (χ4n) is 3.88. The predicted molar refractivity (Wildman–Crippen MR) is 129 cm³/mol. The van der Waals surface area contributed by atoms with E-state index in [1.165, 1.54) is 12.1 Å². The van der Waals surface area contributed by atoms with E-state index < -0.39 is 5.60 Å². The first-order valence-corrected chi connectivity index (χ1v) is 10.6. The second-order valence-electron chi connectivity index (χ2n) is 9.03. The van der Waals surface area contributed by atoms with Crippen LogP contribution in [0.1, 0.15) is 39.2 Å². The van der Waals surface area contributed by atoms with E-state index in [4.69, 9.17) is 20.2 Å². The number of aliphatic imine (C=N–C) groups is 1. The number of rotatable bonds is 3. The van der Waals surface area contributed by atoms with Gasteiger partial charge >= 0.3 is 6.09 Å². The van der Waals surface area contributed by atoms with Gasteiger partial charge in [-0.25, -0.2) is 9.18 Å². The number of ether oxygens (including phenoxy) is 2. The average molecular weight is 548 g/mol. The Morgan fingerprint density at radius 1 is 1.13 bits per heavy atom. The van der Waals surface area contributed by atoms with Crippen LogP contribution < -0.4 is 5.73 Å². The minimum atomic E-state index is -0.507. The van der Waals surface area contributed by atoms with Gasteiger partial charge in [-0.15, -0.1) is 24.0 Å². The molecule has 0 spiro atoms. The van der Waals surface area contributed by atoms with E-state index in [1.54, 1.807) is 4.90 Å². The first-order chi connectivity index (χ1) is 14.2. The molecule has 3 rings (SSSR count). The Hall–Kier alpha value is -1.62.